The third-order valence-corrected chi connectivity index (χ3v) is 2.80. The average Bonchev–Trinajstić information content (AvgIpc) is 2.47. The lowest BCUT2D eigenvalue weighted by molar-refractivity contribution is 0.129. The van der Waals surface area contributed by atoms with Crippen LogP contribution in [0.2, 0.25) is 0 Å². The number of unbranched alkanes of at least 4 members (excludes halogenated alkanes) is 1. The van der Waals surface area contributed by atoms with E-state index in [2.05, 4.69) is 17.6 Å². The molecule has 0 spiro atoms. The molecule has 0 atom stereocenters. The van der Waals surface area contributed by atoms with Crippen molar-refractivity contribution in [1.29, 1.82) is 0 Å². The second-order valence-corrected chi connectivity index (χ2v) is 4.66. The summed E-state index contributed by atoms with van der Waals surface area (Å²) in [6, 6.07) is 7.13. The van der Waals surface area contributed by atoms with Crippen LogP contribution in [-0.4, -0.2) is 32.4 Å². The number of nitrogens with one attached hydrogen (secondary N) is 2. The van der Waals surface area contributed by atoms with Crippen molar-refractivity contribution in [1.82, 2.24) is 5.32 Å². The Labute approximate surface area is 127 Å². The van der Waals surface area contributed by atoms with Gasteiger partial charge < -0.3 is 20.1 Å². The van der Waals surface area contributed by atoms with Crippen molar-refractivity contribution in [3.63, 3.8) is 0 Å². The first kappa shape index (κ1) is 17.3. The molecule has 21 heavy (non-hydrogen) atoms. The Balaban J connectivity index is 2.17. The normalized spacial score (nSPS) is 10.2. The highest BCUT2D eigenvalue weighted by Crippen LogP contribution is 2.16. The quantitative estimate of drug-likeness (QED) is 0.650. The number of carbonyl (C=O) groups is 1. The molecule has 5 heteroatoms. The van der Waals surface area contributed by atoms with Gasteiger partial charge in [-0.25, -0.2) is 4.79 Å². The number of ether oxygens (including phenoxy) is 2. The second kappa shape index (κ2) is 11.0. The van der Waals surface area contributed by atoms with E-state index >= 15 is 0 Å². The number of rotatable bonds is 10. The number of urea groups is 1. The van der Waals surface area contributed by atoms with Crippen molar-refractivity contribution >= 4 is 11.7 Å². The van der Waals surface area contributed by atoms with Crippen LogP contribution in [0.4, 0.5) is 10.5 Å². The van der Waals surface area contributed by atoms with Crippen LogP contribution >= 0.6 is 0 Å². The van der Waals surface area contributed by atoms with Gasteiger partial charge in [-0.15, -0.1) is 0 Å². The van der Waals surface area contributed by atoms with Crippen molar-refractivity contribution in [2.24, 2.45) is 0 Å². The standard InChI is InChI=1S/C16H26N2O3/c1-3-5-11-20-12-7-10-17-16(19)18-14-8-6-9-15(13-14)21-4-2/h6,8-9,13H,3-5,7,10-12H2,1-2H3,(H2,17,18,19). The number of carbonyl (C=O) groups excluding carboxylic acids is 1. The Hall–Kier alpha value is -1.75. The van der Waals surface area contributed by atoms with E-state index in [1.807, 2.05) is 25.1 Å². The van der Waals surface area contributed by atoms with E-state index in [0.717, 1.165) is 37.3 Å². The lowest BCUT2D eigenvalue weighted by atomic mass is 10.3. The summed E-state index contributed by atoms with van der Waals surface area (Å²) in [5.41, 5.74) is 0.720. The minimum Gasteiger partial charge on any atom is -0.494 e. The van der Waals surface area contributed by atoms with Crippen LogP contribution in [0.15, 0.2) is 24.3 Å². The number of amides is 2. The largest absolute Gasteiger partial charge is 0.494 e. The van der Waals surface area contributed by atoms with E-state index in [4.69, 9.17) is 9.47 Å². The highest BCUT2D eigenvalue weighted by Gasteiger charge is 2.02. The fraction of sp³-hybridized carbons (Fsp3) is 0.562. The van der Waals surface area contributed by atoms with Gasteiger partial charge in [0.2, 0.25) is 0 Å². The van der Waals surface area contributed by atoms with Crippen LogP contribution in [0.1, 0.15) is 33.1 Å². The van der Waals surface area contributed by atoms with E-state index < -0.39 is 0 Å². The molecule has 2 amide bonds. The second-order valence-electron chi connectivity index (χ2n) is 4.66. The molecule has 1 aromatic carbocycles. The molecule has 0 fully saturated rings. The highest BCUT2D eigenvalue weighted by molar-refractivity contribution is 5.89. The molecule has 0 unspecified atom stereocenters. The van der Waals surface area contributed by atoms with Gasteiger partial charge in [0.1, 0.15) is 5.75 Å². The molecule has 0 saturated carbocycles. The van der Waals surface area contributed by atoms with Gasteiger partial charge in [0.05, 0.1) is 6.61 Å². The molecule has 0 aromatic heterocycles. The minimum absolute atomic E-state index is 0.211. The molecule has 2 N–H and O–H groups in total. The summed E-state index contributed by atoms with van der Waals surface area (Å²) < 4.78 is 10.8. The van der Waals surface area contributed by atoms with E-state index in [1.54, 1.807) is 6.07 Å². The Bertz CT molecular complexity index is 410. The van der Waals surface area contributed by atoms with Crippen LogP contribution in [0.3, 0.4) is 0 Å². The monoisotopic (exact) mass is 294 g/mol. The zero-order chi connectivity index (χ0) is 15.3. The topological polar surface area (TPSA) is 59.6 Å². The van der Waals surface area contributed by atoms with Crippen molar-refractivity contribution < 1.29 is 14.3 Å². The first-order valence-corrected chi connectivity index (χ1v) is 7.61. The highest BCUT2D eigenvalue weighted by atomic mass is 16.5. The summed E-state index contributed by atoms with van der Waals surface area (Å²) in [5.74, 6) is 0.750. The molecule has 0 aliphatic rings. The predicted octanol–water partition coefficient (Wildman–Crippen LogP) is 3.41. The van der Waals surface area contributed by atoms with Gasteiger partial charge in [0, 0.05) is 31.5 Å². The summed E-state index contributed by atoms with van der Waals surface area (Å²) >= 11 is 0. The number of hydrogen-bond acceptors (Lipinski definition) is 3. The van der Waals surface area contributed by atoms with Gasteiger partial charge in [-0.2, -0.15) is 0 Å². The summed E-state index contributed by atoms with van der Waals surface area (Å²) in [4.78, 5) is 11.7. The third kappa shape index (κ3) is 8.19. The zero-order valence-electron chi connectivity index (χ0n) is 13.0. The van der Waals surface area contributed by atoms with Crippen LogP contribution < -0.4 is 15.4 Å². The molecule has 0 saturated heterocycles. The maximum absolute atomic E-state index is 11.7. The molecule has 0 aliphatic carbocycles. The van der Waals surface area contributed by atoms with E-state index in [9.17, 15) is 4.79 Å². The number of anilines is 1. The first-order valence-electron chi connectivity index (χ1n) is 7.61. The Morgan fingerprint density at radius 2 is 2.00 bits per heavy atom. The Kier molecular flexibility index (Phi) is 9.04. The fourth-order valence-corrected chi connectivity index (χ4v) is 1.73. The molecular weight excluding hydrogens is 268 g/mol. The minimum atomic E-state index is -0.211. The van der Waals surface area contributed by atoms with Crippen molar-refractivity contribution in [3.8, 4) is 5.75 Å². The molecule has 0 aliphatic heterocycles. The molecular formula is C16H26N2O3. The first-order chi connectivity index (χ1) is 10.3. The predicted molar refractivity (Wildman–Crippen MR) is 85.0 cm³/mol. The number of hydrogen-bond donors (Lipinski definition) is 2. The van der Waals surface area contributed by atoms with Gasteiger partial charge in [-0.3, -0.25) is 0 Å². The Morgan fingerprint density at radius 3 is 2.76 bits per heavy atom. The lowest BCUT2D eigenvalue weighted by Crippen LogP contribution is -2.30. The maximum Gasteiger partial charge on any atom is 0.319 e. The van der Waals surface area contributed by atoms with E-state index in [0.29, 0.717) is 19.8 Å². The smallest absolute Gasteiger partial charge is 0.319 e. The van der Waals surface area contributed by atoms with E-state index in [1.165, 1.54) is 0 Å². The van der Waals surface area contributed by atoms with Gasteiger partial charge in [-0.05, 0) is 31.9 Å². The van der Waals surface area contributed by atoms with Gasteiger partial charge >= 0.3 is 6.03 Å². The van der Waals surface area contributed by atoms with Crippen molar-refractivity contribution in [2.45, 2.75) is 33.1 Å². The van der Waals surface area contributed by atoms with Crippen molar-refractivity contribution in [2.75, 3.05) is 31.7 Å². The van der Waals surface area contributed by atoms with Crippen LogP contribution in [0.5, 0.6) is 5.75 Å². The molecule has 0 radical (unpaired) electrons. The molecule has 0 heterocycles. The summed E-state index contributed by atoms with van der Waals surface area (Å²) in [6.07, 6.45) is 3.04. The van der Waals surface area contributed by atoms with Gasteiger partial charge in [0.25, 0.3) is 0 Å². The molecule has 118 valence electrons. The summed E-state index contributed by atoms with van der Waals surface area (Å²) in [6.45, 7) is 6.75. The number of benzene rings is 1. The van der Waals surface area contributed by atoms with Crippen LogP contribution in [0.25, 0.3) is 0 Å². The van der Waals surface area contributed by atoms with Gasteiger partial charge in [0.15, 0.2) is 0 Å². The lowest BCUT2D eigenvalue weighted by Gasteiger charge is -2.09. The maximum atomic E-state index is 11.7. The van der Waals surface area contributed by atoms with Crippen LogP contribution in [-0.2, 0) is 4.74 Å². The summed E-state index contributed by atoms with van der Waals surface area (Å²) in [5, 5.41) is 5.58. The fourth-order valence-electron chi connectivity index (χ4n) is 1.73. The molecule has 1 rings (SSSR count). The zero-order valence-corrected chi connectivity index (χ0v) is 13.0. The Morgan fingerprint density at radius 1 is 1.19 bits per heavy atom. The average molecular weight is 294 g/mol. The van der Waals surface area contributed by atoms with Gasteiger partial charge in [-0.1, -0.05) is 19.4 Å². The molecule has 5 nitrogen and oxygen atoms in total. The van der Waals surface area contributed by atoms with E-state index in [-0.39, 0.29) is 6.03 Å². The SMILES string of the molecule is CCCCOCCCNC(=O)Nc1cccc(OCC)c1. The van der Waals surface area contributed by atoms with Crippen molar-refractivity contribution in [3.05, 3.63) is 24.3 Å². The summed E-state index contributed by atoms with van der Waals surface area (Å²) in [7, 11) is 0. The third-order valence-electron chi connectivity index (χ3n) is 2.80. The molecule has 0 bridgehead atoms. The van der Waals surface area contributed by atoms with Crippen LogP contribution in [0, 0.1) is 0 Å². The molecule has 1 aromatic rings.